The second-order valence-electron chi connectivity index (χ2n) is 24.8. The van der Waals surface area contributed by atoms with Gasteiger partial charge in [-0.1, -0.05) is 67.5 Å². The minimum atomic E-state index is -1.53. The van der Waals surface area contributed by atoms with Crippen LogP contribution in [0.15, 0.2) is 36.8 Å². The summed E-state index contributed by atoms with van der Waals surface area (Å²) in [7, 11) is 0. The van der Waals surface area contributed by atoms with Crippen LogP contribution >= 0.6 is 11.8 Å². The van der Waals surface area contributed by atoms with E-state index in [1.165, 1.54) is 65.3 Å². The molecular formula is C60H93N15O15S. The van der Waals surface area contributed by atoms with E-state index in [0.717, 1.165) is 0 Å². The molecule has 91 heavy (non-hydrogen) atoms. The minimum absolute atomic E-state index is 0.0119. The first-order chi connectivity index (χ1) is 42.8. The van der Waals surface area contributed by atoms with Gasteiger partial charge in [-0.2, -0.15) is 11.8 Å². The molecule has 504 valence electrons. The van der Waals surface area contributed by atoms with E-state index >= 15 is 0 Å². The van der Waals surface area contributed by atoms with Gasteiger partial charge in [0.2, 0.25) is 65.0 Å². The van der Waals surface area contributed by atoms with Crippen LogP contribution in [0.2, 0.25) is 0 Å². The summed E-state index contributed by atoms with van der Waals surface area (Å²) in [6.07, 6.45) is 5.18. The zero-order chi connectivity index (χ0) is 68.0. The number of aromatic nitrogens is 2. The highest BCUT2D eigenvalue weighted by molar-refractivity contribution is 7.98. The summed E-state index contributed by atoms with van der Waals surface area (Å²) in [5.41, 5.74) is 11.8. The molecule has 3 heterocycles. The van der Waals surface area contributed by atoms with Gasteiger partial charge in [0.05, 0.1) is 17.3 Å². The molecule has 2 aliphatic heterocycles. The van der Waals surface area contributed by atoms with Crippen LogP contribution in [-0.4, -0.2) is 192 Å². The first kappa shape index (κ1) is 75.2. The molecule has 1 aromatic carbocycles. The molecule has 2 aromatic rings. The number of nitrogens with one attached hydrogen (secondary N) is 9. The Balaban J connectivity index is 1.61. The number of nitro benzene ring substituents is 1. The number of carbonyl (C=O) groups is 12. The Kier molecular flexibility index (Phi) is 29.8. The molecule has 14 N–H and O–H groups in total. The number of carboxylic acid groups (broad SMARTS) is 1. The average Bonchev–Trinajstić information content (AvgIpc) is 1.84. The summed E-state index contributed by atoms with van der Waals surface area (Å²) < 4.78 is 0. The Bertz CT molecular complexity index is 2870. The second-order valence-corrected chi connectivity index (χ2v) is 25.8. The topological polar surface area (TPSA) is 452 Å². The summed E-state index contributed by atoms with van der Waals surface area (Å²) >= 11 is 1.36. The number of aliphatic carboxylic acids is 1. The smallest absolute Gasteiger partial charge is 0.326 e. The maximum atomic E-state index is 14.7. The summed E-state index contributed by atoms with van der Waals surface area (Å²) in [5.74, 6) is -10.9. The zero-order valence-electron chi connectivity index (χ0n) is 53.5. The van der Waals surface area contributed by atoms with Crippen molar-refractivity contribution in [2.24, 2.45) is 35.1 Å². The highest BCUT2D eigenvalue weighted by Crippen LogP contribution is 2.23. The number of hydrogen-bond donors (Lipinski definition) is 12. The van der Waals surface area contributed by atoms with E-state index in [1.807, 2.05) is 13.8 Å². The third-order valence-electron chi connectivity index (χ3n) is 15.6. The number of aromatic amines is 1. The van der Waals surface area contributed by atoms with Gasteiger partial charge in [-0.3, -0.25) is 62.9 Å². The summed E-state index contributed by atoms with van der Waals surface area (Å²) in [4.78, 5) is 186. The van der Waals surface area contributed by atoms with Crippen LogP contribution in [0, 0.1) is 33.8 Å². The number of imidazole rings is 1. The molecule has 0 spiro atoms. The van der Waals surface area contributed by atoms with Gasteiger partial charge in [-0.05, 0) is 99.5 Å². The molecule has 11 amide bonds. The zero-order valence-corrected chi connectivity index (χ0v) is 54.4. The van der Waals surface area contributed by atoms with E-state index in [0.29, 0.717) is 29.9 Å². The van der Waals surface area contributed by atoms with Crippen molar-refractivity contribution in [3.05, 3.63) is 58.2 Å². The molecule has 0 radical (unpaired) electrons. The Labute approximate surface area is 534 Å². The molecule has 2 fully saturated rings. The van der Waals surface area contributed by atoms with Crippen LogP contribution in [-0.2, 0) is 70.4 Å². The fourth-order valence-electron chi connectivity index (χ4n) is 10.7. The highest BCUT2D eigenvalue weighted by Gasteiger charge is 2.42. The largest absolute Gasteiger partial charge is 0.480 e. The number of primary amides is 1. The van der Waals surface area contributed by atoms with E-state index in [9.17, 15) is 72.8 Å². The number of carbonyl (C=O) groups excluding carboxylic acids is 11. The lowest BCUT2D eigenvalue weighted by Gasteiger charge is -2.31. The maximum Gasteiger partial charge on any atom is 0.326 e. The number of likely N-dealkylation sites (tertiary alicyclic amines) is 2. The van der Waals surface area contributed by atoms with Crippen LogP contribution < -0.4 is 54.0 Å². The number of carboxylic acids is 1. The first-order valence-electron chi connectivity index (χ1n) is 30.8. The van der Waals surface area contributed by atoms with E-state index in [1.54, 1.807) is 47.8 Å². The monoisotopic (exact) mass is 1300 g/mol. The van der Waals surface area contributed by atoms with Crippen molar-refractivity contribution in [2.75, 3.05) is 25.1 Å². The number of rotatable bonds is 36. The Morgan fingerprint density at radius 3 is 1.56 bits per heavy atom. The number of hydrogen-bond acceptors (Lipinski definition) is 17. The van der Waals surface area contributed by atoms with Crippen LogP contribution in [0.5, 0.6) is 0 Å². The summed E-state index contributed by atoms with van der Waals surface area (Å²) in [5, 5.41) is 42.9. The lowest BCUT2D eigenvalue weighted by atomic mass is 9.98. The van der Waals surface area contributed by atoms with Gasteiger partial charge in [0.1, 0.15) is 60.4 Å². The molecule has 31 heteroatoms. The SMILES string of the molecule is CSCC[C@H](NC(=O)[C@@H](NC(=O)[C@H](Cc1ccc([N+](=O)[O-])cc1)NC(=O)[C@H](CC(C)C)NC(=O)[C@@H](NC(=O)[C@H](CCC(N)=O)NC(=O)[C@@H]1CCCN1C(=O)[C@H](C)N)C(C)C)C(C)C)C(=O)N[C@@H](Cc1cnc[nH]1)C(=O)N1CCC[C@H]1C(=O)N[C@@H](CC(C)C)C(=O)O. The molecule has 0 aliphatic carbocycles. The van der Waals surface area contributed by atoms with Crippen molar-refractivity contribution in [1.82, 2.24) is 62.3 Å². The highest BCUT2D eigenvalue weighted by atomic mass is 32.2. The van der Waals surface area contributed by atoms with E-state index in [4.69, 9.17) is 11.5 Å². The van der Waals surface area contributed by atoms with Crippen LogP contribution in [0.3, 0.4) is 0 Å². The average molecular weight is 1300 g/mol. The summed E-state index contributed by atoms with van der Waals surface area (Å²) in [6.45, 7) is 15.5. The van der Waals surface area contributed by atoms with E-state index in [2.05, 4.69) is 52.5 Å². The maximum absolute atomic E-state index is 14.7. The molecule has 1 aromatic heterocycles. The second kappa shape index (κ2) is 36.0. The van der Waals surface area contributed by atoms with E-state index in [-0.39, 0.29) is 88.4 Å². The number of amides is 11. The minimum Gasteiger partial charge on any atom is -0.480 e. The molecule has 0 bridgehead atoms. The molecule has 0 saturated carbocycles. The van der Waals surface area contributed by atoms with Crippen LogP contribution in [0.4, 0.5) is 5.69 Å². The molecule has 0 unspecified atom stereocenters. The van der Waals surface area contributed by atoms with Gasteiger partial charge >= 0.3 is 5.97 Å². The number of thioether (sulfide) groups is 1. The Hall–Kier alpha value is -8.22. The van der Waals surface area contributed by atoms with Crippen LogP contribution in [0.25, 0.3) is 0 Å². The Morgan fingerprint density at radius 1 is 0.626 bits per heavy atom. The third kappa shape index (κ3) is 23.2. The van der Waals surface area contributed by atoms with E-state index < -0.39 is 154 Å². The molecule has 2 saturated heterocycles. The van der Waals surface area contributed by atoms with Crippen LogP contribution in [0.1, 0.15) is 131 Å². The molecular weight excluding hydrogens is 1200 g/mol. The molecule has 11 atom stereocenters. The number of non-ortho nitro benzene ring substituents is 1. The number of nitrogens with zero attached hydrogens (tertiary/aromatic N) is 4. The predicted molar refractivity (Wildman–Crippen MR) is 335 cm³/mol. The normalized spacial score (nSPS) is 17.7. The van der Waals surface area contributed by atoms with Gasteiger partial charge < -0.3 is 73.9 Å². The number of H-pyrrole nitrogens is 1. The number of nitrogens with two attached hydrogens (primary N) is 2. The van der Waals surface area contributed by atoms with Crippen molar-refractivity contribution in [2.45, 2.75) is 199 Å². The predicted octanol–water partition coefficient (Wildman–Crippen LogP) is -0.182. The van der Waals surface area contributed by atoms with Gasteiger partial charge in [0.25, 0.3) is 5.69 Å². The van der Waals surface area contributed by atoms with Gasteiger partial charge in [0.15, 0.2) is 0 Å². The van der Waals surface area contributed by atoms with Crippen molar-refractivity contribution in [3.8, 4) is 0 Å². The van der Waals surface area contributed by atoms with Crippen molar-refractivity contribution in [3.63, 3.8) is 0 Å². The van der Waals surface area contributed by atoms with Gasteiger partial charge in [-0.15, -0.1) is 0 Å². The molecule has 4 rings (SSSR count). The van der Waals surface area contributed by atoms with Crippen molar-refractivity contribution in [1.29, 1.82) is 0 Å². The lowest BCUT2D eigenvalue weighted by Crippen LogP contribution is -2.62. The molecule has 2 aliphatic rings. The standard InChI is InChI=1S/C60H93N15O15S/c1-31(2)25-41(68-57(84)49(34(7)8)71-51(78)39(19-20-47(62)76)65-54(81)45-13-11-22-73(45)58(85)35(9)61)52(79)67-42(27-36-15-17-38(18-16-36)75(89)90)53(80)72-48(33(5)6)56(83)66-40(21-24-91-10)50(77)69-43(28-37-29-63-30-64-37)59(86)74-23-12-14-46(74)55(82)70-44(60(87)88)26-32(3)4/h15-18,29-35,39-46,48-49H,11-14,19-28,61H2,1-10H3,(H2,62,76)(H,63,64)(H,65,81)(H,66,83)(H,67,79)(H,68,84)(H,69,77)(H,70,82)(H,71,78)(H,72,80)(H,87,88)/t35-,39-,40-,41-,42-,43-,44-,45-,46-,48-,49-/m0/s1. The fourth-order valence-corrected chi connectivity index (χ4v) is 11.2. The molecule has 30 nitrogen and oxygen atoms in total. The third-order valence-corrected chi connectivity index (χ3v) is 16.2. The summed E-state index contributed by atoms with van der Waals surface area (Å²) in [6, 6.07) is -8.63. The Morgan fingerprint density at radius 2 is 1.09 bits per heavy atom. The first-order valence-corrected chi connectivity index (χ1v) is 32.2. The lowest BCUT2D eigenvalue weighted by molar-refractivity contribution is -0.384. The van der Waals surface area contributed by atoms with Crippen molar-refractivity contribution < 1.29 is 67.6 Å². The number of benzene rings is 1. The van der Waals surface area contributed by atoms with Gasteiger partial charge in [-0.25, -0.2) is 9.78 Å². The quantitative estimate of drug-likeness (QED) is 0.0311. The number of nitro groups is 1. The fraction of sp³-hybridized carbons (Fsp3) is 0.650. The van der Waals surface area contributed by atoms with Crippen molar-refractivity contribution >= 4 is 88.4 Å². The van der Waals surface area contributed by atoms with Gasteiger partial charge in [0, 0.05) is 56.4 Å².